The Morgan fingerprint density at radius 1 is 1.11 bits per heavy atom. The van der Waals surface area contributed by atoms with Gasteiger partial charge in [-0.2, -0.15) is 0 Å². The van der Waals surface area contributed by atoms with Crippen LogP contribution in [0.3, 0.4) is 0 Å². The van der Waals surface area contributed by atoms with Crippen molar-refractivity contribution in [3.05, 3.63) is 48.4 Å². The summed E-state index contributed by atoms with van der Waals surface area (Å²) in [5.41, 5.74) is 0.623. The second kappa shape index (κ2) is 6.89. The third-order valence-electron chi connectivity index (χ3n) is 3.87. The highest BCUT2D eigenvalue weighted by Gasteiger charge is 2.21. The highest BCUT2D eigenvalue weighted by Crippen LogP contribution is 2.34. The van der Waals surface area contributed by atoms with Gasteiger partial charge in [-0.15, -0.1) is 10.2 Å². The Labute approximate surface area is 154 Å². The van der Waals surface area contributed by atoms with Crippen molar-refractivity contribution < 1.29 is 27.0 Å². The number of rotatable bonds is 6. The van der Waals surface area contributed by atoms with E-state index in [2.05, 4.69) is 14.9 Å². The second-order valence-corrected chi connectivity index (χ2v) is 7.31. The first-order valence-electron chi connectivity index (χ1n) is 7.92. The summed E-state index contributed by atoms with van der Waals surface area (Å²) in [4.78, 5) is 0.0521. The Hall–Kier alpha value is -3.11. The molecule has 2 aromatic carbocycles. The molecule has 0 saturated carbocycles. The molecule has 0 bridgehead atoms. The Morgan fingerprint density at radius 3 is 2.78 bits per heavy atom. The van der Waals surface area contributed by atoms with Crippen molar-refractivity contribution in [1.82, 2.24) is 14.9 Å². The third kappa shape index (κ3) is 3.44. The molecule has 0 aliphatic carbocycles. The van der Waals surface area contributed by atoms with Crippen molar-refractivity contribution in [1.29, 1.82) is 0 Å². The molecule has 0 saturated heterocycles. The van der Waals surface area contributed by atoms with E-state index in [4.69, 9.17) is 18.6 Å². The van der Waals surface area contributed by atoms with Crippen LogP contribution in [0, 0.1) is 0 Å². The SMILES string of the molecule is COc1ccccc1-c1nnc(CNS(=O)(=O)c2ccc3c(c2)OCO3)o1. The highest BCUT2D eigenvalue weighted by molar-refractivity contribution is 7.89. The fraction of sp³-hybridized carbons (Fsp3) is 0.176. The molecule has 2 heterocycles. The topological polar surface area (TPSA) is 113 Å². The van der Waals surface area contributed by atoms with E-state index in [9.17, 15) is 8.42 Å². The van der Waals surface area contributed by atoms with E-state index >= 15 is 0 Å². The van der Waals surface area contributed by atoms with Gasteiger partial charge >= 0.3 is 0 Å². The molecular weight excluding hydrogens is 374 g/mol. The van der Waals surface area contributed by atoms with E-state index in [1.54, 1.807) is 18.2 Å². The maximum Gasteiger partial charge on any atom is 0.251 e. The lowest BCUT2D eigenvalue weighted by molar-refractivity contribution is 0.174. The first-order chi connectivity index (χ1) is 13.1. The van der Waals surface area contributed by atoms with Gasteiger partial charge in [-0.3, -0.25) is 0 Å². The van der Waals surface area contributed by atoms with Gasteiger partial charge in [0.25, 0.3) is 5.89 Å². The number of benzene rings is 2. The van der Waals surface area contributed by atoms with E-state index in [1.807, 2.05) is 12.1 Å². The zero-order chi connectivity index (χ0) is 18.9. The van der Waals surface area contributed by atoms with Crippen LogP contribution in [0.1, 0.15) is 5.89 Å². The van der Waals surface area contributed by atoms with Crippen molar-refractivity contribution in [3.63, 3.8) is 0 Å². The van der Waals surface area contributed by atoms with Crippen LogP contribution in [0.2, 0.25) is 0 Å². The Bertz CT molecular complexity index is 1080. The van der Waals surface area contributed by atoms with Crippen molar-refractivity contribution in [2.75, 3.05) is 13.9 Å². The molecule has 27 heavy (non-hydrogen) atoms. The van der Waals surface area contributed by atoms with Gasteiger partial charge in [0.05, 0.1) is 24.1 Å². The van der Waals surface area contributed by atoms with Crippen LogP contribution in [-0.2, 0) is 16.6 Å². The molecule has 1 aromatic heterocycles. The molecule has 0 amide bonds. The largest absolute Gasteiger partial charge is 0.496 e. The predicted octanol–water partition coefficient (Wildman–Crippen LogP) is 1.95. The zero-order valence-electron chi connectivity index (χ0n) is 14.2. The summed E-state index contributed by atoms with van der Waals surface area (Å²) in [5, 5.41) is 7.83. The van der Waals surface area contributed by atoms with Gasteiger partial charge in [0.2, 0.25) is 22.7 Å². The van der Waals surface area contributed by atoms with E-state index in [1.165, 1.54) is 19.2 Å². The number of para-hydroxylation sites is 1. The number of aromatic nitrogens is 2. The molecule has 1 aliphatic rings. The molecule has 140 valence electrons. The quantitative estimate of drug-likeness (QED) is 0.681. The molecule has 3 aromatic rings. The van der Waals surface area contributed by atoms with Gasteiger partial charge in [-0.05, 0) is 24.3 Å². The average Bonchev–Trinajstić information content (AvgIpc) is 3.35. The lowest BCUT2D eigenvalue weighted by atomic mass is 10.2. The summed E-state index contributed by atoms with van der Waals surface area (Å²) >= 11 is 0. The van der Waals surface area contributed by atoms with Gasteiger partial charge in [-0.1, -0.05) is 12.1 Å². The highest BCUT2D eigenvalue weighted by atomic mass is 32.2. The van der Waals surface area contributed by atoms with Gasteiger partial charge in [0.1, 0.15) is 5.75 Å². The summed E-state index contributed by atoms with van der Waals surface area (Å²) in [6.07, 6.45) is 0. The van der Waals surface area contributed by atoms with E-state index in [-0.39, 0.29) is 30.0 Å². The molecule has 9 nitrogen and oxygen atoms in total. The normalized spacial score (nSPS) is 12.9. The summed E-state index contributed by atoms with van der Waals surface area (Å²) in [5.74, 6) is 1.83. The molecule has 0 radical (unpaired) electrons. The van der Waals surface area contributed by atoms with E-state index in [0.29, 0.717) is 22.8 Å². The van der Waals surface area contributed by atoms with Crippen LogP contribution < -0.4 is 18.9 Å². The van der Waals surface area contributed by atoms with Crippen molar-refractivity contribution in [2.45, 2.75) is 11.4 Å². The van der Waals surface area contributed by atoms with Gasteiger partial charge in [-0.25, -0.2) is 13.1 Å². The van der Waals surface area contributed by atoms with Gasteiger partial charge in [0, 0.05) is 6.07 Å². The van der Waals surface area contributed by atoms with Crippen molar-refractivity contribution in [2.24, 2.45) is 0 Å². The number of methoxy groups -OCH3 is 1. The van der Waals surface area contributed by atoms with Crippen molar-refractivity contribution >= 4 is 10.0 Å². The molecular formula is C17H15N3O6S. The number of sulfonamides is 1. The van der Waals surface area contributed by atoms with Crippen LogP contribution in [0.4, 0.5) is 0 Å². The monoisotopic (exact) mass is 389 g/mol. The number of hydrogen-bond donors (Lipinski definition) is 1. The molecule has 1 aliphatic heterocycles. The second-order valence-electron chi connectivity index (χ2n) is 5.54. The molecule has 0 atom stereocenters. The molecule has 4 rings (SSSR count). The number of nitrogens with zero attached hydrogens (tertiary/aromatic N) is 2. The maximum atomic E-state index is 12.5. The third-order valence-corrected chi connectivity index (χ3v) is 5.27. The lowest BCUT2D eigenvalue weighted by Gasteiger charge is -2.06. The molecule has 0 spiro atoms. The number of nitrogens with one attached hydrogen (secondary N) is 1. The minimum atomic E-state index is -3.79. The zero-order valence-corrected chi connectivity index (χ0v) is 15.0. The number of hydrogen-bond acceptors (Lipinski definition) is 8. The summed E-state index contributed by atoms with van der Waals surface area (Å²) in [6.45, 7) is -0.0844. The Morgan fingerprint density at radius 2 is 1.93 bits per heavy atom. The first kappa shape index (κ1) is 17.3. The number of ether oxygens (including phenoxy) is 3. The first-order valence-corrected chi connectivity index (χ1v) is 9.40. The Balaban J connectivity index is 1.50. The summed E-state index contributed by atoms with van der Waals surface area (Å²) < 4.78 is 48.5. The Kier molecular flexibility index (Phi) is 4.42. The molecule has 0 unspecified atom stereocenters. The minimum absolute atomic E-state index is 0.0521. The smallest absolute Gasteiger partial charge is 0.251 e. The van der Waals surface area contributed by atoms with Crippen molar-refractivity contribution in [3.8, 4) is 28.7 Å². The van der Waals surface area contributed by atoms with Crippen LogP contribution in [-0.4, -0.2) is 32.5 Å². The van der Waals surface area contributed by atoms with Crippen LogP contribution in [0.5, 0.6) is 17.2 Å². The minimum Gasteiger partial charge on any atom is -0.496 e. The number of fused-ring (bicyclic) bond motifs is 1. The summed E-state index contributed by atoms with van der Waals surface area (Å²) in [6, 6.07) is 11.5. The lowest BCUT2D eigenvalue weighted by Crippen LogP contribution is -2.23. The maximum absolute atomic E-state index is 12.5. The molecule has 10 heteroatoms. The van der Waals surface area contributed by atoms with Gasteiger partial charge < -0.3 is 18.6 Å². The van der Waals surface area contributed by atoms with E-state index in [0.717, 1.165) is 0 Å². The van der Waals surface area contributed by atoms with Crippen LogP contribution in [0.25, 0.3) is 11.5 Å². The van der Waals surface area contributed by atoms with Crippen LogP contribution in [0.15, 0.2) is 51.8 Å². The summed E-state index contributed by atoms with van der Waals surface area (Å²) in [7, 11) is -2.25. The average molecular weight is 389 g/mol. The fourth-order valence-electron chi connectivity index (χ4n) is 2.54. The molecule has 0 fully saturated rings. The predicted molar refractivity (Wildman–Crippen MR) is 92.9 cm³/mol. The van der Waals surface area contributed by atoms with Crippen LogP contribution >= 0.6 is 0 Å². The van der Waals surface area contributed by atoms with Gasteiger partial charge in [0.15, 0.2) is 11.5 Å². The standard InChI is InChI=1S/C17H15N3O6S/c1-23-13-5-3-2-4-12(13)17-20-19-16(26-17)9-18-27(21,22)11-6-7-14-15(8-11)25-10-24-14/h2-8,18H,9-10H2,1H3. The van der Waals surface area contributed by atoms with E-state index < -0.39 is 10.0 Å². The molecule has 1 N–H and O–H groups in total. The fourth-order valence-corrected chi connectivity index (χ4v) is 3.53.